The smallest absolute Gasteiger partial charge is 0.125 e. The predicted molar refractivity (Wildman–Crippen MR) is 78.8 cm³/mol. The second-order valence-corrected chi connectivity index (χ2v) is 7.61. The number of phenolic OH excluding ortho intramolecular Hbond substituents is 1. The molecule has 1 saturated heterocycles. The Kier molecular flexibility index (Phi) is 3.42. The Labute approximate surface area is 116 Å². The third kappa shape index (κ3) is 2.79. The Morgan fingerprint density at radius 3 is 2.00 bits per heavy atom. The van der Waals surface area contributed by atoms with Crippen LogP contribution in [0.1, 0.15) is 70.8 Å². The van der Waals surface area contributed by atoms with Crippen molar-refractivity contribution in [1.82, 2.24) is 0 Å². The van der Waals surface area contributed by atoms with Gasteiger partial charge >= 0.3 is 0 Å². The van der Waals surface area contributed by atoms with Gasteiger partial charge in [0.05, 0.1) is 12.7 Å². The minimum absolute atomic E-state index is 0.0656. The lowest BCUT2D eigenvalue weighted by atomic mass is 9.78. The van der Waals surface area contributed by atoms with Gasteiger partial charge < -0.3 is 9.84 Å². The first-order valence-corrected chi connectivity index (χ1v) is 7.10. The summed E-state index contributed by atoms with van der Waals surface area (Å²) in [7, 11) is 0. The van der Waals surface area contributed by atoms with Gasteiger partial charge in [-0.1, -0.05) is 47.6 Å². The van der Waals surface area contributed by atoms with Crippen molar-refractivity contribution < 1.29 is 9.84 Å². The number of ether oxygens (including phenoxy) is 1. The highest BCUT2D eigenvalue weighted by Gasteiger charge is 2.30. The summed E-state index contributed by atoms with van der Waals surface area (Å²) in [6.45, 7) is 13.8. The average Bonchev–Trinajstić information content (AvgIpc) is 2.14. The highest BCUT2D eigenvalue weighted by Crippen LogP contribution is 2.43. The summed E-state index contributed by atoms with van der Waals surface area (Å²) < 4.78 is 5.57. The number of aromatic hydroxyl groups is 1. The van der Waals surface area contributed by atoms with Crippen LogP contribution in [0, 0.1) is 0 Å². The third-order valence-electron chi connectivity index (χ3n) is 3.86. The number of benzene rings is 1. The maximum atomic E-state index is 10.6. The van der Waals surface area contributed by atoms with E-state index in [0.717, 1.165) is 24.2 Å². The topological polar surface area (TPSA) is 29.5 Å². The van der Waals surface area contributed by atoms with E-state index in [0.29, 0.717) is 5.75 Å². The minimum Gasteiger partial charge on any atom is -0.507 e. The SMILES string of the molecule is CC(C)(C)c1cc(C2CCO2)c(O)c(C(C)(C)C)c1. The van der Waals surface area contributed by atoms with Gasteiger partial charge in [0.15, 0.2) is 0 Å². The molecule has 1 aliphatic heterocycles. The van der Waals surface area contributed by atoms with E-state index in [2.05, 4.69) is 53.7 Å². The molecule has 0 spiro atoms. The van der Waals surface area contributed by atoms with Gasteiger partial charge in [-0.3, -0.25) is 0 Å². The Morgan fingerprint density at radius 1 is 1.05 bits per heavy atom. The van der Waals surface area contributed by atoms with Gasteiger partial charge in [-0.25, -0.2) is 0 Å². The summed E-state index contributed by atoms with van der Waals surface area (Å²) >= 11 is 0. The van der Waals surface area contributed by atoms with E-state index < -0.39 is 0 Å². The molecule has 1 N–H and O–H groups in total. The maximum absolute atomic E-state index is 10.6. The van der Waals surface area contributed by atoms with E-state index in [1.54, 1.807) is 0 Å². The molecule has 106 valence electrons. The first-order valence-electron chi connectivity index (χ1n) is 7.10. The summed E-state index contributed by atoms with van der Waals surface area (Å²) in [5.41, 5.74) is 3.26. The summed E-state index contributed by atoms with van der Waals surface area (Å²) in [5, 5.41) is 10.6. The number of hydrogen-bond donors (Lipinski definition) is 1. The van der Waals surface area contributed by atoms with Crippen LogP contribution in [0.25, 0.3) is 0 Å². The fourth-order valence-electron chi connectivity index (χ4n) is 2.39. The van der Waals surface area contributed by atoms with E-state index in [9.17, 15) is 5.11 Å². The maximum Gasteiger partial charge on any atom is 0.125 e. The van der Waals surface area contributed by atoms with Crippen molar-refractivity contribution in [2.24, 2.45) is 0 Å². The second kappa shape index (κ2) is 4.52. The van der Waals surface area contributed by atoms with Gasteiger partial charge in [0.2, 0.25) is 0 Å². The van der Waals surface area contributed by atoms with Crippen LogP contribution in [-0.4, -0.2) is 11.7 Å². The van der Waals surface area contributed by atoms with Crippen molar-refractivity contribution in [3.8, 4) is 5.75 Å². The van der Waals surface area contributed by atoms with E-state index in [4.69, 9.17) is 4.74 Å². The minimum atomic E-state index is -0.0656. The zero-order valence-corrected chi connectivity index (χ0v) is 13.0. The second-order valence-electron chi connectivity index (χ2n) is 7.61. The fraction of sp³-hybridized carbons (Fsp3) is 0.647. The lowest BCUT2D eigenvalue weighted by Crippen LogP contribution is -2.22. The molecule has 0 radical (unpaired) electrons. The van der Waals surface area contributed by atoms with Crippen LogP contribution in [0.3, 0.4) is 0 Å². The molecular formula is C17H26O2. The van der Waals surface area contributed by atoms with Crippen molar-refractivity contribution in [3.63, 3.8) is 0 Å². The first-order chi connectivity index (χ1) is 8.60. The standard InChI is InChI=1S/C17H26O2/c1-16(2,3)11-9-12(14-7-8-19-14)15(18)13(10-11)17(4,5)6/h9-10,14,18H,7-8H2,1-6H3. The normalized spacial score (nSPS) is 20.2. The van der Waals surface area contributed by atoms with Crippen LogP contribution >= 0.6 is 0 Å². The van der Waals surface area contributed by atoms with Crippen LogP contribution in [-0.2, 0) is 15.6 Å². The van der Waals surface area contributed by atoms with Gasteiger partial charge in [0.1, 0.15) is 5.75 Å². The molecule has 1 heterocycles. The van der Waals surface area contributed by atoms with Crippen molar-refractivity contribution in [1.29, 1.82) is 0 Å². The molecule has 2 rings (SSSR count). The summed E-state index contributed by atoms with van der Waals surface area (Å²) in [5.74, 6) is 0.421. The monoisotopic (exact) mass is 262 g/mol. The van der Waals surface area contributed by atoms with Crippen molar-refractivity contribution >= 4 is 0 Å². The van der Waals surface area contributed by atoms with Crippen LogP contribution in [0.5, 0.6) is 5.75 Å². The van der Waals surface area contributed by atoms with Gasteiger partial charge in [0, 0.05) is 12.0 Å². The van der Waals surface area contributed by atoms with Gasteiger partial charge in [-0.05, 0) is 28.0 Å². The van der Waals surface area contributed by atoms with Crippen LogP contribution in [0.2, 0.25) is 0 Å². The molecule has 1 aromatic carbocycles. The molecule has 2 nitrogen and oxygen atoms in total. The molecule has 0 amide bonds. The highest BCUT2D eigenvalue weighted by atomic mass is 16.5. The molecule has 1 unspecified atom stereocenters. The molecule has 2 heteroatoms. The van der Waals surface area contributed by atoms with Crippen LogP contribution in [0.15, 0.2) is 12.1 Å². The van der Waals surface area contributed by atoms with Crippen LogP contribution in [0.4, 0.5) is 0 Å². The van der Waals surface area contributed by atoms with Gasteiger partial charge in [-0.15, -0.1) is 0 Å². The fourth-order valence-corrected chi connectivity index (χ4v) is 2.39. The zero-order valence-electron chi connectivity index (χ0n) is 13.0. The van der Waals surface area contributed by atoms with Crippen molar-refractivity contribution in [2.45, 2.75) is 64.9 Å². The highest BCUT2D eigenvalue weighted by molar-refractivity contribution is 5.50. The number of rotatable bonds is 1. The Balaban J connectivity index is 2.60. The van der Waals surface area contributed by atoms with E-state index >= 15 is 0 Å². The van der Waals surface area contributed by atoms with E-state index in [1.165, 1.54) is 5.56 Å². The first kappa shape index (κ1) is 14.4. The molecule has 0 saturated carbocycles. The van der Waals surface area contributed by atoms with Crippen LogP contribution < -0.4 is 0 Å². The molecular weight excluding hydrogens is 236 g/mol. The average molecular weight is 262 g/mol. The predicted octanol–water partition coefficient (Wildman–Crippen LogP) is 4.45. The largest absolute Gasteiger partial charge is 0.507 e. The molecule has 0 bridgehead atoms. The van der Waals surface area contributed by atoms with E-state index in [-0.39, 0.29) is 16.9 Å². The number of hydrogen-bond acceptors (Lipinski definition) is 2. The lowest BCUT2D eigenvalue weighted by Gasteiger charge is -2.32. The molecule has 1 aliphatic rings. The molecule has 0 aromatic heterocycles. The lowest BCUT2D eigenvalue weighted by molar-refractivity contribution is -0.0539. The Morgan fingerprint density at radius 2 is 1.63 bits per heavy atom. The molecule has 1 atom stereocenters. The summed E-state index contributed by atoms with van der Waals surface area (Å²) in [6.07, 6.45) is 1.08. The van der Waals surface area contributed by atoms with Gasteiger partial charge in [-0.2, -0.15) is 0 Å². The molecule has 0 aliphatic carbocycles. The quantitative estimate of drug-likeness (QED) is 0.810. The zero-order chi connectivity index (χ0) is 14.4. The third-order valence-corrected chi connectivity index (χ3v) is 3.86. The number of phenols is 1. The van der Waals surface area contributed by atoms with Crippen molar-refractivity contribution in [2.75, 3.05) is 6.61 Å². The Hall–Kier alpha value is -1.02. The Bertz CT molecular complexity index is 471. The molecule has 1 fully saturated rings. The van der Waals surface area contributed by atoms with Gasteiger partial charge in [0.25, 0.3) is 0 Å². The summed E-state index contributed by atoms with van der Waals surface area (Å²) in [4.78, 5) is 0. The summed E-state index contributed by atoms with van der Waals surface area (Å²) in [6, 6.07) is 4.27. The van der Waals surface area contributed by atoms with Crippen molar-refractivity contribution in [3.05, 3.63) is 28.8 Å². The molecule has 1 aromatic rings. The molecule has 19 heavy (non-hydrogen) atoms. The van der Waals surface area contributed by atoms with E-state index in [1.807, 2.05) is 0 Å².